The van der Waals surface area contributed by atoms with Crippen molar-refractivity contribution in [2.45, 2.75) is 38.6 Å². The number of nitrogens with zero attached hydrogens (tertiary/aromatic N) is 3. The number of para-hydroxylation sites is 1. The Kier molecular flexibility index (Phi) is 8.91. The number of hydrogen-bond donors (Lipinski definition) is 2. The van der Waals surface area contributed by atoms with Crippen LogP contribution in [0.1, 0.15) is 37.7 Å². The molecule has 0 amide bonds. The number of rotatable bonds is 7. The first-order valence-corrected chi connectivity index (χ1v) is 10.9. The maximum Gasteiger partial charge on any atom is 0.191 e. The molecular formula is C22H37N5O. The largest absolute Gasteiger partial charge is 0.378 e. The number of morpholine rings is 1. The number of aliphatic imine (C=N–C) groups is 1. The van der Waals surface area contributed by atoms with Gasteiger partial charge in [0.1, 0.15) is 0 Å². The Balaban J connectivity index is 1.41. The Labute approximate surface area is 170 Å². The van der Waals surface area contributed by atoms with Gasteiger partial charge in [0.05, 0.1) is 13.2 Å². The summed E-state index contributed by atoms with van der Waals surface area (Å²) in [4.78, 5) is 9.42. The topological polar surface area (TPSA) is 52.1 Å². The lowest BCUT2D eigenvalue weighted by atomic mass is 10.1. The molecule has 0 bridgehead atoms. The van der Waals surface area contributed by atoms with Gasteiger partial charge in [-0.25, -0.2) is 0 Å². The third-order valence-corrected chi connectivity index (χ3v) is 5.66. The van der Waals surface area contributed by atoms with Crippen molar-refractivity contribution < 1.29 is 4.74 Å². The zero-order valence-corrected chi connectivity index (χ0v) is 17.5. The Morgan fingerprint density at radius 1 is 1.00 bits per heavy atom. The molecule has 0 atom stereocenters. The maximum atomic E-state index is 5.49. The minimum absolute atomic E-state index is 0.777. The second kappa shape index (κ2) is 11.9. The van der Waals surface area contributed by atoms with E-state index < -0.39 is 0 Å². The van der Waals surface area contributed by atoms with Crippen molar-refractivity contribution in [1.82, 2.24) is 15.5 Å². The van der Waals surface area contributed by atoms with E-state index in [4.69, 9.17) is 4.74 Å². The molecule has 6 nitrogen and oxygen atoms in total. The molecule has 2 aliphatic rings. The summed E-state index contributed by atoms with van der Waals surface area (Å²) in [5, 5.41) is 6.95. The summed E-state index contributed by atoms with van der Waals surface area (Å²) in [7, 11) is 1.85. The van der Waals surface area contributed by atoms with Crippen LogP contribution in [0.15, 0.2) is 29.3 Å². The van der Waals surface area contributed by atoms with Crippen molar-refractivity contribution in [1.29, 1.82) is 0 Å². The second-order valence-electron chi connectivity index (χ2n) is 7.69. The Hall–Kier alpha value is -1.79. The molecule has 0 radical (unpaired) electrons. The van der Waals surface area contributed by atoms with Gasteiger partial charge >= 0.3 is 0 Å². The van der Waals surface area contributed by atoms with Gasteiger partial charge in [-0.3, -0.25) is 4.99 Å². The number of likely N-dealkylation sites (tertiary alicyclic amines) is 1. The van der Waals surface area contributed by atoms with Crippen LogP contribution in [0, 0.1) is 0 Å². The van der Waals surface area contributed by atoms with Gasteiger partial charge in [-0.05, 0) is 50.5 Å². The van der Waals surface area contributed by atoms with Crippen LogP contribution in [0.3, 0.4) is 0 Å². The van der Waals surface area contributed by atoms with E-state index in [-0.39, 0.29) is 0 Å². The van der Waals surface area contributed by atoms with Crippen LogP contribution in [-0.2, 0) is 11.3 Å². The van der Waals surface area contributed by atoms with Gasteiger partial charge in [-0.15, -0.1) is 0 Å². The highest BCUT2D eigenvalue weighted by Crippen LogP contribution is 2.21. The maximum absolute atomic E-state index is 5.49. The van der Waals surface area contributed by atoms with E-state index in [9.17, 15) is 0 Å². The molecule has 2 heterocycles. The number of benzene rings is 1. The molecule has 0 aromatic heterocycles. The summed E-state index contributed by atoms with van der Waals surface area (Å²) in [6.07, 6.45) is 6.68. The summed E-state index contributed by atoms with van der Waals surface area (Å²) in [5.41, 5.74) is 2.60. The van der Waals surface area contributed by atoms with E-state index in [0.29, 0.717) is 0 Å². The van der Waals surface area contributed by atoms with Crippen LogP contribution in [0.25, 0.3) is 0 Å². The minimum atomic E-state index is 0.777. The van der Waals surface area contributed by atoms with E-state index in [1.54, 1.807) is 0 Å². The second-order valence-corrected chi connectivity index (χ2v) is 7.69. The third-order valence-electron chi connectivity index (χ3n) is 5.66. The predicted octanol–water partition coefficient (Wildman–Crippen LogP) is 2.45. The minimum Gasteiger partial charge on any atom is -0.378 e. The molecule has 0 aliphatic carbocycles. The van der Waals surface area contributed by atoms with Crippen LogP contribution >= 0.6 is 0 Å². The van der Waals surface area contributed by atoms with Gasteiger partial charge in [0, 0.05) is 38.9 Å². The molecule has 0 spiro atoms. The molecule has 2 N–H and O–H groups in total. The number of hydrogen-bond acceptors (Lipinski definition) is 4. The van der Waals surface area contributed by atoms with Crippen molar-refractivity contribution in [2.75, 3.05) is 64.4 Å². The molecule has 3 rings (SSSR count). The average molecular weight is 388 g/mol. The van der Waals surface area contributed by atoms with E-state index in [2.05, 4.69) is 49.7 Å². The molecule has 6 heteroatoms. The smallest absolute Gasteiger partial charge is 0.191 e. The third kappa shape index (κ3) is 6.67. The van der Waals surface area contributed by atoms with E-state index >= 15 is 0 Å². The Bertz CT molecular complexity index is 592. The SMILES string of the molecule is CN=C(NCCCN1CCCCCC1)NCc1ccccc1N1CCOCC1. The van der Waals surface area contributed by atoms with Crippen molar-refractivity contribution >= 4 is 11.6 Å². The van der Waals surface area contributed by atoms with E-state index in [1.165, 1.54) is 56.6 Å². The van der Waals surface area contributed by atoms with Crippen LogP contribution in [0.5, 0.6) is 0 Å². The molecule has 0 saturated carbocycles. The first kappa shape index (κ1) is 20.9. The van der Waals surface area contributed by atoms with Crippen LogP contribution in [0.4, 0.5) is 5.69 Å². The van der Waals surface area contributed by atoms with Crippen LogP contribution in [-0.4, -0.2) is 70.4 Å². The fraction of sp³-hybridized carbons (Fsp3) is 0.682. The Morgan fingerprint density at radius 3 is 2.50 bits per heavy atom. The first-order valence-electron chi connectivity index (χ1n) is 10.9. The van der Waals surface area contributed by atoms with Crippen molar-refractivity contribution in [3.05, 3.63) is 29.8 Å². The number of ether oxygens (including phenoxy) is 1. The zero-order valence-electron chi connectivity index (χ0n) is 17.5. The number of nitrogens with one attached hydrogen (secondary N) is 2. The molecule has 0 unspecified atom stereocenters. The standard InChI is InChI=1S/C22H37N5O/c1-23-22(24-11-8-14-26-12-6-2-3-7-13-26)25-19-20-9-4-5-10-21(20)27-15-17-28-18-16-27/h4-5,9-10H,2-3,6-8,11-19H2,1H3,(H2,23,24,25). The fourth-order valence-electron chi connectivity index (χ4n) is 4.04. The molecular weight excluding hydrogens is 350 g/mol. The summed E-state index contributed by atoms with van der Waals surface area (Å²) >= 11 is 0. The van der Waals surface area contributed by atoms with Gasteiger partial charge in [-0.2, -0.15) is 0 Å². The van der Waals surface area contributed by atoms with Crippen molar-refractivity contribution in [2.24, 2.45) is 4.99 Å². The molecule has 28 heavy (non-hydrogen) atoms. The lowest BCUT2D eigenvalue weighted by Crippen LogP contribution is -2.40. The summed E-state index contributed by atoms with van der Waals surface area (Å²) in [6.45, 7) is 8.99. The van der Waals surface area contributed by atoms with Gasteiger partial charge in [0.15, 0.2) is 5.96 Å². The number of guanidine groups is 1. The first-order chi connectivity index (χ1) is 13.9. The highest BCUT2D eigenvalue weighted by atomic mass is 16.5. The van der Waals surface area contributed by atoms with Crippen LogP contribution < -0.4 is 15.5 Å². The monoisotopic (exact) mass is 387 g/mol. The van der Waals surface area contributed by atoms with Gasteiger partial charge in [-0.1, -0.05) is 31.0 Å². The molecule has 1 aromatic carbocycles. The van der Waals surface area contributed by atoms with Gasteiger partial charge < -0.3 is 25.2 Å². The zero-order chi connectivity index (χ0) is 19.4. The summed E-state index contributed by atoms with van der Waals surface area (Å²) < 4.78 is 5.49. The molecule has 2 aliphatic heterocycles. The van der Waals surface area contributed by atoms with E-state index in [1.807, 2.05) is 7.05 Å². The molecule has 1 aromatic rings. The lowest BCUT2D eigenvalue weighted by Gasteiger charge is -2.30. The van der Waals surface area contributed by atoms with Gasteiger partial charge in [0.2, 0.25) is 0 Å². The van der Waals surface area contributed by atoms with Crippen molar-refractivity contribution in [3.8, 4) is 0 Å². The van der Waals surface area contributed by atoms with Crippen molar-refractivity contribution in [3.63, 3.8) is 0 Å². The summed E-state index contributed by atoms with van der Waals surface area (Å²) in [5.74, 6) is 0.882. The Morgan fingerprint density at radius 2 is 1.75 bits per heavy atom. The average Bonchev–Trinajstić information content (AvgIpc) is 3.03. The quantitative estimate of drug-likeness (QED) is 0.428. The predicted molar refractivity (Wildman–Crippen MR) is 117 cm³/mol. The summed E-state index contributed by atoms with van der Waals surface area (Å²) in [6, 6.07) is 8.63. The van der Waals surface area contributed by atoms with Gasteiger partial charge in [0.25, 0.3) is 0 Å². The number of anilines is 1. The molecule has 2 saturated heterocycles. The van der Waals surface area contributed by atoms with Crippen LogP contribution in [0.2, 0.25) is 0 Å². The normalized spacial score (nSPS) is 19.3. The lowest BCUT2D eigenvalue weighted by molar-refractivity contribution is 0.122. The molecule has 2 fully saturated rings. The highest BCUT2D eigenvalue weighted by molar-refractivity contribution is 5.79. The highest BCUT2D eigenvalue weighted by Gasteiger charge is 2.14. The molecule has 156 valence electrons. The fourth-order valence-corrected chi connectivity index (χ4v) is 4.04. The van der Waals surface area contributed by atoms with E-state index in [0.717, 1.165) is 51.8 Å².